The number of carbonyl (C=O) groups is 5. The predicted octanol–water partition coefficient (Wildman–Crippen LogP) is -3.10. The van der Waals surface area contributed by atoms with Gasteiger partial charge in [-0.05, 0) is 0 Å². The molecule has 112 valence electrons. The van der Waals surface area contributed by atoms with Crippen LogP contribution >= 0.6 is 0 Å². The van der Waals surface area contributed by atoms with Gasteiger partial charge in [0.25, 0.3) is 0 Å². The lowest BCUT2D eigenvalue weighted by atomic mass is 10.2. The Kier molecular flexibility index (Phi) is 6.48. The van der Waals surface area contributed by atoms with Crippen LogP contribution < -0.4 is 16.8 Å². The Bertz CT molecular complexity index is 420. The monoisotopic (exact) mass is 290 g/mol. The van der Waals surface area contributed by atoms with Crippen molar-refractivity contribution in [1.82, 2.24) is 10.2 Å². The van der Waals surface area contributed by atoms with Crippen molar-refractivity contribution < 1.29 is 34.2 Å². The molecule has 4 amide bonds. The van der Waals surface area contributed by atoms with Crippen molar-refractivity contribution in [2.45, 2.75) is 12.5 Å². The first-order valence-electron chi connectivity index (χ1n) is 5.20. The summed E-state index contributed by atoms with van der Waals surface area (Å²) in [5.74, 6) is -4.94. The number of hydrogen-bond donors (Lipinski definition) is 5. The van der Waals surface area contributed by atoms with Crippen LogP contribution in [0, 0.1) is 0 Å². The Balaban J connectivity index is 4.85. The molecule has 11 nitrogen and oxygen atoms in total. The number of nitrogens with two attached hydrogens (primary N) is 2. The first kappa shape index (κ1) is 17.2. The Morgan fingerprint density at radius 2 is 1.45 bits per heavy atom. The summed E-state index contributed by atoms with van der Waals surface area (Å²) in [5, 5.41) is 19.1. The van der Waals surface area contributed by atoms with E-state index in [1.54, 1.807) is 0 Å². The maximum atomic E-state index is 11.7. The van der Waals surface area contributed by atoms with Crippen molar-refractivity contribution in [2.75, 3.05) is 13.1 Å². The number of amides is 4. The molecule has 11 heteroatoms. The van der Waals surface area contributed by atoms with Gasteiger partial charge in [0.05, 0.1) is 6.42 Å². The Hall–Kier alpha value is -2.85. The van der Waals surface area contributed by atoms with Gasteiger partial charge in [-0.15, -0.1) is 0 Å². The molecular weight excluding hydrogens is 276 g/mol. The van der Waals surface area contributed by atoms with Crippen LogP contribution in [0.1, 0.15) is 6.42 Å². The van der Waals surface area contributed by atoms with Crippen LogP contribution in [0.4, 0.5) is 4.79 Å². The van der Waals surface area contributed by atoms with Gasteiger partial charge < -0.3 is 31.9 Å². The zero-order valence-electron chi connectivity index (χ0n) is 10.2. The van der Waals surface area contributed by atoms with Gasteiger partial charge in [-0.3, -0.25) is 14.4 Å². The number of aliphatic carboxylic acids is 2. The van der Waals surface area contributed by atoms with Gasteiger partial charge in [0.1, 0.15) is 19.1 Å². The van der Waals surface area contributed by atoms with Crippen LogP contribution in [0.25, 0.3) is 0 Å². The highest BCUT2D eigenvalue weighted by atomic mass is 16.4. The van der Waals surface area contributed by atoms with E-state index in [1.807, 2.05) is 5.32 Å². The molecule has 1 atom stereocenters. The molecule has 0 saturated carbocycles. The molecule has 20 heavy (non-hydrogen) atoms. The standard InChI is InChI=1S/C9H14N4O7/c10-5(14)2-13(3-6(11)15)9(20)12-4(8(18)19)1-7(16)17/h4H,1-3H2,(H2,10,14)(H2,11,15)(H,12,20)(H,16,17)(H,18,19)/t4-/m1/s1. The first-order valence-corrected chi connectivity index (χ1v) is 5.20. The second-order valence-corrected chi connectivity index (χ2v) is 3.73. The molecule has 0 heterocycles. The fourth-order valence-electron chi connectivity index (χ4n) is 1.19. The van der Waals surface area contributed by atoms with Gasteiger partial charge in [0, 0.05) is 0 Å². The number of carboxylic acids is 2. The second kappa shape index (κ2) is 7.56. The van der Waals surface area contributed by atoms with E-state index in [1.165, 1.54) is 0 Å². The Labute approximate surface area is 112 Å². The molecule has 0 aliphatic heterocycles. The molecule has 0 aromatic heterocycles. The highest BCUT2D eigenvalue weighted by Crippen LogP contribution is 1.97. The molecule has 0 rings (SSSR count). The molecule has 0 fully saturated rings. The van der Waals surface area contributed by atoms with Gasteiger partial charge >= 0.3 is 18.0 Å². The number of hydrogen-bond acceptors (Lipinski definition) is 5. The molecule has 0 aliphatic carbocycles. The van der Waals surface area contributed by atoms with Crippen molar-refractivity contribution in [2.24, 2.45) is 11.5 Å². The summed E-state index contributed by atoms with van der Waals surface area (Å²) < 4.78 is 0. The fourth-order valence-corrected chi connectivity index (χ4v) is 1.19. The van der Waals surface area contributed by atoms with Crippen LogP contribution in [-0.4, -0.2) is 64.0 Å². The molecule has 0 bridgehead atoms. The average molecular weight is 290 g/mol. The summed E-state index contributed by atoms with van der Waals surface area (Å²) in [5.41, 5.74) is 9.71. The van der Waals surface area contributed by atoms with E-state index in [4.69, 9.17) is 21.7 Å². The van der Waals surface area contributed by atoms with E-state index in [-0.39, 0.29) is 0 Å². The zero-order valence-corrected chi connectivity index (χ0v) is 10.2. The summed E-state index contributed by atoms with van der Waals surface area (Å²) in [6, 6.07) is -2.86. The van der Waals surface area contributed by atoms with E-state index in [0.29, 0.717) is 4.90 Å². The van der Waals surface area contributed by atoms with Crippen molar-refractivity contribution >= 4 is 29.8 Å². The third kappa shape index (κ3) is 6.78. The molecule has 0 spiro atoms. The summed E-state index contributed by atoms with van der Waals surface area (Å²) in [6.07, 6.45) is -0.873. The average Bonchev–Trinajstić information content (AvgIpc) is 2.24. The van der Waals surface area contributed by atoms with Gasteiger partial charge in [0.2, 0.25) is 11.8 Å². The summed E-state index contributed by atoms with van der Waals surface area (Å²) in [7, 11) is 0. The SMILES string of the molecule is NC(=O)CN(CC(N)=O)C(=O)N[C@H](CC(=O)O)C(=O)O. The van der Waals surface area contributed by atoms with Crippen LogP contribution in [0.5, 0.6) is 0 Å². The molecule has 0 saturated heterocycles. The van der Waals surface area contributed by atoms with Crippen LogP contribution in [-0.2, 0) is 19.2 Å². The number of carbonyl (C=O) groups excluding carboxylic acids is 3. The first-order chi connectivity index (χ1) is 9.13. The normalized spacial score (nSPS) is 11.2. The maximum Gasteiger partial charge on any atom is 0.326 e. The van der Waals surface area contributed by atoms with Crippen molar-refractivity contribution in [1.29, 1.82) is 0 Å². The molecule has 0 aromatic rings. The Morgan fingerprint density at radius 1 is 1.00 bits per heavy atom. The number of nitrogens with zero attached hydrogens (tertiary/aromatic N) is 1. The molecule has 0 radical (unpaired) electrons. The minimum atomic E-state index is -1.72. The van der Waals surface area contributed by atoms with Crippen molar-refractivity contribution in [3.63, 3.8) is 0 Å². The summed E-state index contributed by atoms with van der Waals surface area (Å²) in [6.45, 7) is -1.34. The lowest BCUT2D eigenvalue weighted by molar-refractivity contribution is -0.145. The molecule has 0 aliphatic rings. The van der Waals surface area contributed by atoms with E-state index in [9.17, 15) is 24.0 Å². The Morgan fingerprint density at radius 3 is 1.75 bits per heavy atom. The van der Waals surface area contributed by atoms with Crippen LogP contribution in [0.3, 0.4) is 0 Å². The largest absolute Gasteiger partial charge is 0.481 e. The quantitative estimate of drug-likeness (QED) is 0.312. The lowest BCUT2D eigenvalue weighted by Crippen LogP contribution is -2.52. The zero-order chi connectivity index (χ0) is 15.9. The van der Waals surface area contributed by atoms with Gasteiger partial charge in [-0.1, -0.05) is 0 Å². The minimum Gasteiger partial charge on any atom is -0.481 e. The topological polar surface area (TPSA) is 193 Å². The van der Waals surface area contributed by atoms with E-state index in [2.05, 4.69) is 0 Å². The number of nitrogens with one attached hydrogen (secondary N) is 1. The minimum absolute atomic E-state index is 0.572. The maximum absolute atomic E-state index is 11.7. The molecule has 0 unspecified atom stereocenters. The summed E-state index contributed by atoms with van der Waals surface area (Å²) >= 11 is 0. The highest BCUT2D eigenvalue weighted by Gasteiger charge is 2.26. The second-order valence-electron chi connectivity index (χ2n) is 3.73. The van der Waals surface area contributed by atoms with Crippen molar-refractivity contribution in [3.05, 3.63) is 0 Å². The van der Waals surface area contributed by atoms with Crippen molar-refractivity contribution in [3.8, 4) is 0 Å². The summed E-state index contributed by atoms with van der Waals surface area (Å²) in [4.78, 5) is 54.9. The highest BCUT2D eigenvalue weighted by molar-refractivity contribution is 5.90. The van der Waals surface area contributed by atoms with Gasteiger partial charge in [-0.25, -0.2) is 9.59 Å². The molecular formula is C9H14N4O7. The lowest BCUT2D eigenvalue weighted by Gasteiger charge is -2.22. The van der Waals surface area contributed by atoms with E-state index < -0.39 is 55.3 Å². The fraction of sp³-hybridized carbons (Fsp3) is 0.444. The smallest absolute Gasteiger partial charge is 0.326 e. The number of primary amides is 2. The number of carboxylic acid groups (broad SMARTS) is 2. The number of rotatable bonds is 8. The third-order valence-electron chi connectivity index (χ3n) is 1.96. The van der Waals surface area contributed by atoms with Crippen LogP contribution in [0.15, 0.2) is 0 Å². The number of urea groups is 1. The predicted molar refractivity (Wildman–Crippen MR) is 62.2 cm³/mol. The molecule has 7 N–H and O–H groups in total. The van der Waals surface area contributed by atoms with Gasteiger partial charge in [-0.2, -0.15) is 0 Å². The molecule has 0 aromatic carbocycles. The van der Waals surface area contributed by atoms with E-state index in [0.717, 1.165) is 0 Å². The van der Waals surface area contributed by atoms with Crippen LogP contribution in [0.2, 0.25) is 0 Å². The third-order valence-corrected chi connectivity index (χ3v) is 1.96. The van der Waals surface area contributed by atoms with E-state index >= 15 is 0 Å². The van der Waals surface area contributed by atoms with Gasteiger partial charge in [0.15, 0.2) is 0 Å².